The first-order chi connectivity index (χ1) is 8.70. The molecule has 0 aliphatic rings. The number of rotatable bonds is 5. The third-order valence-corrected chi connectivity index (χ3v) is 3.69. The summed E-state index contributed by atoms with van der Waals surface area (Å²) in [6.07, 6.45) is 0. The summed E-state index contributed by atoms with van der Waals surface area (Å²) >= 11 is 0. The Morgan fingerprint density at radius 1 is 1.21 bits per heavy atom. The Balaban J connectivity index is 2.77. The van der Waals surface area contributed by atoms with Crippen molar-refractivity contribution in [3.63, 3.8) is 0 Å². The van der Waals surface area contributed by atoms with Crippen molar-refractivity contribution in [3.05, 3.63) is 35.4 Å². The Labute approximate surface area is 116 Å². The van der Waals surface area contributed by atoms with Crippen molar-refractivity contribution in [3.8, 4) is 0 Å². The lowest BCUT2D eigenvalue weighted by Gasteiger charge is -2.30. The van der Waals surface area contributed by atoms with Gasteiger partial charge in [-0.3, -0.25) is 4.79 Å². The molecular weight excluding hydrogens is 236 g/mol. The summed E-state index contributed by atoms with van der Waals surface area (Å²) in [5.41, 5.74) is 7.53. The van der Waals surface area contributed by atoms with Crippen LogP contribution in [0.3, 0.4) is 0 Å². The SMILES string of the molecule is Cc1ccccc1C(C)(C)CNC(=O)C(C)(C)CN. The van der Waals surface area contributed by atoms with Gasteiger partial charge < -0.3 is 11.1 Å². The van der Waals surface area contributed by atoms with E-state index in [1.165, 1.54) is 11.1 Å². The second-order valence-corrected chi connectivity index (χ2v) is 6.47. The van der Waals surface area contributed by atoms with E-state index in [2.05, 4.69) is 38.2 Å². The van der Waals surface area contributed by atoms with E-state index in [4.69, 9.17) is 5.73 Å². The maximum atomic E-state index is 12.1. The molecule has 0 atom stereocenters. The molecule has 0 saturated heterocycles. The summed E-state index contributed by atoms with van der Waals surface area (Å²) in [4.78, 5) is 12.1. The normalized spacial score (nSPS) is 12.3. The van der Waals surface area contributed by atoms with E-state index < -0.39 is 5.41 Å². The molecule has 3 nitrogen and oxygen atoms in total. The average Bonchev–Trinajstić information content (AvgIpc) is 2.36. The van der Waals surface area contributed by atoms with E-state index in [0.717, 1.165) is 0 Å². The van der Waals surface area contributed by atoms with Crippen molar-refractivity contribution in [1.82, 2.24) is 5.32 Å². The lowest BCUT2D eigenvalue weighted by Crippen LogP contribution is -2.46. The number of carbonyl (C=O) groups excluding carboxylic acids is 1. The molecule has 1 amide bonds. The molecular formula is C16H26N2O. The molecule has 0 aromatic heterocycles. The van der Waals surface area contributed by atoms with Crippen LogP contribution in [0.15, 0.2) is 24.3 Å². The van der Waals surface area contributed by atoms with Crippen molar-refractivity contribution in [2.45, 2.75) is 40.0 Å². The molecule has 1 rings (SSSR count). The van der Waals surface area contributed by atoms with E-state index in [9.17, 15) is 4.79 Å². The number of nitrogens with two attached hydrogens (primary N) is 1. The molecule has 0 saturated carbocycles. The topological polar surface area (TPSA) is 55.1 Å². The highest BCUT2D eigenvalue weighted by Gasteiger charge is 2.29. The van der Waals surface area contributed by atoms with Gasteiger partial charge in [0.2, 0.25) is 5.91 Å². The Bertz CT molecular complexity index is 450. The van der Waals surface area contributed by atoms with Crippen LogP contribution in [-0.4, -0.2) is 19.0 Å². The fourth-order valence-electron chi connectivity index (χ4n) is 2.06. The number of hydrogen-bond donors (Lipinski definition) is 2. The average molecular weight is 262 g/mol. The summed E-state index contributed by atoms with van der Waals surface area (Å²) in [7, 11) is 0. The minimum absolute atomic E-state index is 0.0108. The van der Waals surface area contributed by atoms with Gasteiger partial charge in [0.05, 0.1) is 5.41 Å². The Kier molecular flexibility index (Phi) is 4.75. The van der Waals surface area contributed by atoms with Gasteiger partial charge in [0, 0.05) is 18.5 Å². The van der Waals surface area contributed by atoms with Crippen molar-refractivity contribution in [1.29, 1.82) is 0 Å². The first-order valence-corrected chi connectivity index (χ1v) is 6.75. The second kappa shape index (κ2) is 5.74. The van der Waals surface area contributed by atoms with Crippen molar-refractivity contribution in [2.75, 3.05) is 13.1 Å². The molecule has 0 fully saturated rings. The Hall–Kier alpha value is -1.35. The van der Waals surface area contributed by atoms with Gasteiger partial charge in [-0.25, -0.2) is 0 Å². The van der Waals surface area contributed by atoms with Gasteiger partial charge in [-0.1, -0.05) is 38.1 Å². The molecule has 1 aromatic rings. The molecule has 0 bridgehead atoms. The zero-order valence-electron chi connectivity index (χ0n) is 12.7. The minimum Gasteiger partial charge on any atom is -0.355 e. The highest BCUT2D eigenvalue weighted by molar-refractivity contribution is 5.82. The number of amides is 1. The van der Waals surface area contributed by atoms with Gasteiger partial charge in [-0.05, 0) is 31.9 Å². The molecule has 0 aliphatic carbocycles. The van der Waals surface area contributed by atoms with Crippen LogP contribution in [0.5, 0.6) is 0 Å². The fourth-order valence-corrected chi connectivity index (χ4v) is 2.06. The van der Waals surface area contributed by atoms with Gasteiger partial charge in [0.15, 0.2) is 0 Å². The Morgan fingerprint density at radius 2 is 1.79 bits per heavy atom. The van der Waals surface area contributed by atoms with Gasteiger partial charge in [0.1, 0.15) is 0 Å². The predicted molar refractivity (Wildman–Crippen MR) is 80.1 cm³/mol. The number of aryl methyl sites for hydroxylation is 1. The van der Waals surface area contributed by atoms with Gasteiger partial charge in [0.25, 0.3) is 0 Å². The minimum atomic E-state index is -0.512. The molecule has 19 heavy (non-hydrogen) atoms. The summed E-state index contributed by atoms with van der Waals surface area (Å²) in [6.45, 7) is 11.1. The number of benzene rings is 1. The summed E-state index contributed by atoms with van der Waals surface area (Å²) in [5, 5.41) is 3.02. The van der Waals surface area contributed by atoms with Crippen LogP contribution in [0.2, 0.25) is 0 Å². The van der Waals surface area contributed by atoms with E-state index in [-0.39, 0.29) is 11.3 Å². The van der Waals surface area contributed by atoms with Crippen molar-refractivity contribution in [2.24, 2.45) is 11.1 Å². The first-order valence-electron chi connectivity index (χ1n) is 6.75. The van der Waals surface area contributed by atoms with Gasteiger partial charge in [-0.2, -0.15) is 0 Å². The van der Waals surface area contributed by atoms with E-state index in [1.54, 1.807) is 0 Å². The number of hydrogen-bond acceptors (Lipinski definition) is 2. The monoisotopic (exact) mass is 262 g/mol. The van der Waals surface area contributed by atoms with Crippen molar-refractivity contribution < 1.29 is 4.79 Å². The highest BCUT2D eigenvalue weighted by Crippen LogP contribution is 2.25. The van der Waals surface area contributed by atoms with Crippen LogP contribution < -0.4 is 11.1 Å². The number of nitrogens with one attached hydrogen (secondary N) is 1. The van der Waals surface area contributed by atoms with E-state index >= 15 is 0 Å². The van der Waals surface area contributed by atoms with Gasteiger partial charge >= 0.3 is 0 Å². The van der Waals surface area contributed by atoms with Crippen LogP contribution in [0.1, 0.15) is 38.8 Å². The largest absolute Gasteiger partial charge is 0.355 e. The lowest BCUT2D eigenvalue weighted by molar-refractivity contribution is -0.129. The van der Waals surface area contributed by atoms with E-state index in [0.29, 0.717) is 13.1 Å². The predicted octanol–water partition coefficient (Wildman–Crippen LogP) is 2.37. The van der Waals surface area contributed by atoms with Crippen LogP contribution in [0.4, 0.5) is 0 Å². The Morgan fingerprint density at radius 3 is 2.32 bits per heavy atom. The maximum absolute atomic E-state index is 12.1. The summed E-state index contributed by atoms with van der Waals surface area (Å²) < 4.78 is 0. The highest BCUT2D eigenvalue weighted by atomic mass is 16.2. The quantitative estimate of drug-likeness (QED) is 0.856. The van der Waals surface area contributed by atoms with Crippen molar-refractivity contribution >= 4 is 5.91 Å². The molecule has 1 aromatic carbocycles. The molecule has 0 heterocycles. The third kappa shape index (κ3) is 3.80. The zero-order valence-corrected chi connectivity index (χ0v) is 12.7. The summed E-state index contributed by atoms with van der Waals surface area (Å²) in [5.74, 6) is 0.0108. The third-order valence-electron chi connectivity index (χ3n) is 3.69. The van der Waals surface area contributed by atoms with Crippen LogP contribution >= 0.6 is 0 Å². The standard InChI is InChI=1S/C16H26N2O/c1-12-8-6-7-9-13(12)16(4,5)11-18-14(19)15(2,3)10-17/h6-9H,10-11,17H2,1-5H3,(H,18,19). The van der Waals surface area contributed by atoms with Crippen LogP contribution in [-0.2, 0) is 10.2 Å². The summed E-state index contributed by atoms with van der Waals surface area (Å²) in [6, 6.07) is 8.29. The van der Waals surface area contributed by atoms with Gasteiger partial charge in [-0.15, -0.1) is 0 Å². The molecule has 3 heteroatoms. The van der Waals surface area contributed by atoms with Crippen LogP contribution in [0.25, 0.3) is 0 Å². The molecule has 0 aliphatic heterocycles. The van der Waals surface area contributed by atoms with Crippen LogP contribution in [0, 0.1) is 12.3 Å². The molecule has 106 valence electrons. The number of carbonyl (C=O) groups is 1. The molecule has 0 spiro atoms. The maximum Gasteiger partial charge on any atom is 0.226 e. The zero-order chi connectivity index (χ0) is 14.7. The van der Waals surface area contributed by atoms with E-state index in [1.807, 2.05) is 26.0 Å². The fraction of sp³-hybridized carbons (Fsp3) is 0.562. The first kappa shape index (κ1) is 15.7. The smallest absolute Gasteiger partial charge is 0.226 e. The second-order valence-electron chi connectivity index (χ2n) is 6.47. The lowest BCUT2D eigenvalue weighted by atomic mass is 9.81. The molecule has 3 N–H and O–H groups in total. The molecule has 0 radical (unpaired) electrons. The molecule has 0 unspecified atom stereocenters.